The number of fused-ring (bicyclic) bond motifs is 4. The first-order valence-electron chi connectivity index (χ1n) is 7.98. The van der Waals surface area contributed by atoms with Crippen LogP contribution in [0.15, 0.2) is 18.2 Å². The lowest BCUT2D eigenvalue weighted by Crippen LogP contribution is -2.57. The minimum atomic E-state index is 0.204. The van der Waals surface area contributed by atoms with Crippen LogP contribution in [0.2, 0.25) is 0 Å². The Hall–Kier alpha value is -1.55. The molecule has 3 aliphatic heterocycles. The first kappa shape index (κ1) is 13.1. The molecule has 2 saturated heterocycles. The highest BCUT2D eigenvalue weighted by Crippen LogP contribution is 2.41. The molecule has 4 nitrogen and oxygen atoms in total. The Labute approximate surface area is 125 Å². The zero-order valence-electron chi connectivity index (χ0n) is 12.5. The number of methoxy groups -OCH3 is 1. The van der Waals surface area contributed by atoms with Crippen molar-refractivity contribution in [1.82, 2.24) is 10.2 Å². The zero-order valence-corrected chi connectivity index (χ0v) is 12.5. The Bertz CT molecular complexity index is 572. The third kappa shape index (κ3) is 2.04. The molecule has 1 aromatic rings. The van der Waals surface area contributed by atoms with Crippen LogP contribution in [0.1, 0.15) is 36.4 Å². The average molecular weight is 286 g/mol. The van der Waals surface area contributed by atoms with E-state index in [-0.39, 0.29) is 12.0 Å². The van der Waals surface area contributed by atoms with Gasteiger partial charge in [-0.25, -0.2) is 0 Å². The number of nitrogens with one attached hydrogen (secondary N) is 1. The van der Waals surface area contributed by atoms with E-state index in [9.17, 15) is 4.79 Å². The zero-order chi connectivity index (χ0) is 14.4. The molecule has 0 saturated carbocycles. The van der Waals surface area contributed by atoms with Gasteiger partial charge in [0.2, 0.25) is 5.91 Å². The van der Waals surface area contributed by atoms with Crippen molar-refractivity contribution in [2.45, 2.75) is 37.8 Å². The summed E-state index contributed by atoms with van der Waals surface area (Å²) in [7, 11) is 1.71. The number of hydrogen-bond acceptors (Lipinski definition) is 3. The van der Waals surface area contributed by atoms with Crippen LogP contribution in [0.5, 0.6) is 5.75 Å². The Balaban J connectivity index is 1.68. The molecule has 0 unspecified atom stereocenters. The van der Waals surface area contributed by atoms with Crippen molar-refractivity contribution < 1.29 is 9.53 Å². The van der Waals surface area contributed by atoms with Crippen molar-refractivity contribution in [3.63, 3.8) is 0 Å². The standard InChI is InChI=1S/C17H22N2O2/c1-21-12-4-5-13-11(9-12)6-8-19-16(13)10-15-14(17(19)20)3-2-7-18-15/h4-5,9,14-16,18H,2-3,6-8,10H2,1H3/t14-,15-,16-/m1/s1. The van der Waals surface area contributed by atoms with Crippen LogP contribution in [0.4, 0.5) is 0 Å². The van der Waals surface area contributed by atoms with E-state index in [4.69, 9.17) is 4.74 Å². The predicted molar refractivity (Wildman–Crippen MR) is 80.3 cm³/mol. The highest BCUT2D eigenvalue weighted by atomic mass is 16.5. The molecule has 3 heterocycles. The molecule has 4 rings (SSSR count). The molecule has 0 spiro atoms. The van der Waals surface area contributed by atoms with E-state index >= 15 is 0 Å². The molecule has 1 amide bonds. The molecule has 3 atom stereocenters. The predicted octanol–water partition coefficient (Wildman–Crippen LogP) is 1.89. The first-order chi connectivity index (χ1) is 10.3. The van der Waals surface area contributed by atoms with E-state index in [1.807, 2.05) is 6.07 Å². The summed E-state index contributed by atoms with van der Waals surface area (Å²) in [6.07, 6.45) is 4.17. The quantitative estimate of drug-likeness (QED) is 0.857. The molecule has 4 heteroatoms. The van der Waals surface area contributed by atoms with Crippen LogP contribution in [0, 0.1) is 5.92 Å². The number of hydrogen-bond donors (Lipinski definition) is 1. The van der Waals surface area contributed by atoms with Crippen LogP contribution in [0.25, 0.3) is 0 Å². The summed E-state index contributed by atoms with van der Waals surface area (Å²) in [6.45, 7) is 1.91. The maximum atomic E-state index is 12.8. The lowest BCUT2D eigenvalue weighted by atomic mass is 9.77. The molecule has 0 aliphatic carbocycles. The molecular weight excluding hydrogens is 264 g/mol. The molecule has 112 valence electrons. The fraction of sp³-hybridized carbons (Fsp3) is 0.588. The number of piperidine rings is 2. The fourth-order valence-electron chi connectivity index (χ4n) is 4.28. The molecule has 2 fully saturated rings. The Morgan fingerprint density at radius 3 is 3.14 bits per heavy atom. The number of amides is 1. The molecule has 3 aliphatic rings. The first-order valence-corrected chi connectivity index (χ1v) is 7.98. The minimum absolute atomic E-state index is 0.204. The third-order valence-corrected chi connectivity index (χ3v) is 5.37. The van der Waals surface area contributed by atoms with Gasteiger partial charge in [0.1, 0.15) is 5.75 Å². The molecule has 0 aromatic heterocycles. The summed E-state index contributed by atoms with van der Waals surface area (Å²) >= 11 is 0. The van der Waals surface area contributed by atoms with Gasteiger partial charge in [0.05, 0.1) is 19.1 Å². The monoisotopic (exact) mass is 286 g/mol. The average Bonchev–Trinajstić information content (AvgIpc) is 2.54. The Kier molecular flexibility index (Phi) is 3.14. The van der Waals surface area contributed by atoms with Crippen molar-refractivity contribution >= 4 is 5.91 Å². The number of ether oxygens (including phenoxy) is 1. The maximum absolute atomic E-state index is 12.8. The van der Waals surface area contributed by atoms with Gasteiger partial charge < -0.3 is 15.0 Å². The van der Waals surface area contributed by atoms with E-state index in [0.717, 1.165) is 44.5 Å². The van der Waals surface area contributed by atoms with Crippen LogP contribution >= 0.6 is 0 Å². The second-order valence-corrected chi connectivity index (χ2v) is 6.41. The molecule has 1 N–H and O–H groups in total. The van der Waals surface area contributed by atoms with Crippen molar-refractivity contribution in [3.8, 4) is 5.75 Å². The highest BCUT2D eigenvalue weighted by Gasteiger charge is 2.44. The molecule has 1 aromatic carbocycles. The van der Waals surface area contributed by atoms with Crippen molar-refractivity contribution in [2.24, 2.45) is 5.92 Å². The van der Waals surface area contributed by atoms with Gasteiger partial charge in [-0.1, -0.05) is 6.07 Å². The topological polar surface area (TPSA) is 41.6 Å². The number of rotatable bonds is 1. The van der Waals surface area contributed by atoms with Crippen LogP contribution in [-0.2, 0) is 11.2 Å². The molecule has 0 bridgehead atoms. The lowest BCUT2D eigenvalue weighted by molar-refractivity contribution is -0.145. The fourth-order valence-corrected chi connectivity index (χ4v) is 4.28. The van der Waals surface area contributed by atoms with Gasteiger partial charge in [-0.15, -0.1) is 0 Å². The van der Waals surface area contributed by atoms with Gasteiger partial charge in [-0.3, -0.25) is 4.79 Å². The number of nitrogens with zero attached hydrogens (tertiary/aromatic N) is 1. The lowest BCUT2D eigenvalue weighted by Gasteiger charge is -2.48. The summed E-state index contributed by atoms with van der Waals surface area (Å²) < 4.78 is 5.33. The Morgan fingerprint density at radius 1 is 1.38 bits per heavy atom. The third-order valence-electron chi connectivity index (χ3n) is 5.37. The van der Waals surface area contributed by atoms with E-state index < -0.39 is 0 Å². The molecule has 21 heavy (non-hydrogen) atoms. The van der Waals surface area contributed by atoms with Crippen LogP contribution in [-0.4, -0.2) is 37.0 Å². The van der Waals surface area contributed by atoms with Crippen molar-refractivity contribution in [2.75, 3.05) is 20.2 Å². The highest BCUT2D eigenvalue weighted by molar-refractivity contribution is 5.81. The van der Waals surface area contributed by atoms with E-state index in [1.54, 1.807) is 7.11 Å². The number of carbonyl (C=O) groups excluding carboxylic acids is 1. The minimum Gasteiger partial charge on any atom is -0.497 e. The normalized spacial score (nSPS) is 31.2. The smallest absolute Gasteiger partial charge is 0.227 e. The van der Waals surface area contributed by atoms with Crippen molar-refractivity contribution in [3.05, 3.63) is 29.3 Å². The second kappa shape index (κ2) is 5.02. The summed E-state index contributed by atoms with van der Waals surface area (Å²) in [4.78, 5) is 14.9. The van der Waals surface area contributed by atoms with Gasteiger partial charge in [0, 0.05) is 12.6 Å². The van der Waals surface area contributed by atoms with Crippen molar-refractivity contribution in [1.29, 1.82) is 0 Å². The van der Waals surface area contributed by atoms with Crippen LogP contribution in [0.3, 0.4) is 0 Å². The SMILES string of the molecule is COc1ccc2c(c1)CCN1C(=O)[C@@H]3CCCN[C@@H]3C[C@H]21. The van der Waals surface area contributed by atoms with E-state index in [1.165, 1.54) is 11.1 Å². The van der Waals surface area contributed by atoms with Gasteiger partial charge in [0.15, 0.2) is 0 Å². The van der Waals surface area contributed by atoms with Crippen LogP contribution < -0.4 is 10.1 Å². The largest absolute Gasteiger partial charge is 0.497 e. The van der Waals surface area contributed by atoms with E-state index in [2.05, 4.69) is 22.3 Å². The number of benzene rings is 1. The Morgan fingerprint density at radius 2 is 2.29 bits per heavy atom. The molecular formula is C17H22N2O2. The summed E-state index contributed by atoms with van der Waals surface area (Å²) in [6, 6.07) is 6.92. The van der Waals surface area contributed by atoms with Gasteiger partial charge >= 0.3 is 0 Å². The maximum Gasteiger partial charge on any atom is 0.227 e. The van der Waals surface area contributed by atoms with E-state index in [0.29, 0.717) is 11.9 Å². The summed E-state index contributed by atoms with van der Waals surface area (Å²) in [5.41, 5.74) is 2.67. The van der Waals surface area contributed by atoms with Gasteiger partial charge in [0.25, 0.3) is 0 Å². The second-order valence-electron chi connectivity index (χ2n) is 6.41. The summed E-state index contributed by atoms with van der Waals surface area (Å²) in [5, 5.41) is 3.57. The summed E-state index contributed by atoms with van der Waals surface area (Å²) in [5.74, 6) is 1.48. The van der Waals surface area contributed by atoms with Gasteiger partial charge in [-0.2, -0.15) is 0 Å². The number of carbonyl (C=O) groups is 1. The molecule has 0 radical (unpaired) electrons. The van der Waals surface area contributed by atoms with Gasteiger partial charge in [-0.05, 0) is 55.5 Å².